The first-order valence-corrected chi connectivity index (χ1v) is 21.5. The smallest absolute Gasteiger partial charge is 0.145 e. The molecule has 12 rings (SSSR count). The lowest BCUT2D eigenvalue weighted by Crippen LogP contribution is -2.00. The highest BCUT2D eigenvalue weighted by atomic mass is 15.1. The van der Waals surface area contributed by atoms with Crippen LogP contribution in [0, 0.1) is 0 Å². The zero-order valence-corrected chi connectivity index (χ0v) is 34.4. The van der Waals surface area contributed by atoms with E-state index in [0.29, 0.717) is 0 Å². The summed E-state index contributed by atoms with van der Waals surface area (Å²) in [5, 5.41) is 8.26. The molecule has 0 saturated carbocycles. The van der Waals surface area contributed by atoms with Gasteiger partial charge in [-0.2, -0.15) is 0 Å². The van der Waals surface area contributed by atoms with Crippen molar-refractivity contribution in [1.29, 1.82) is 0 Å². The molecule has 0 amide bonds. The highest BCUT2D eigenvalue weighted by molar-refractivity contribution is 6.16. The maximum Gasteiger partial charge on any atom is 0.145 e. The maximum atomic E-state index is 5.51. The van der Waals surface area contributed by atoms with Gasteiger partial charge in [0.25, 0.3) is 0 Å². The van der Waals surface area contributed by atoms with E-state index in [0.717, 1.165) is 94.8 Å². The number of hydrogen-bond acceptors (Lipinski definition) is 2. The number of benzene rings is 10. The molecule has 0 aliphatic heterocycles. The van der Waals surface area contributed by atoms with Gasteiger partial charge >= 0.3 is 0 Å². The summed E-state index contributed by atoms with van der Waals surface area (Å²) in [5.41, 5.74) is 13.9. The Morgan fingerprint density at radius 2 is 0.810 bits per heavy atom. The van der Waals surface area contributed by atoms with Gasteiger partial charge < -0.3 is 0 Å². The minimum Gasteiger partial charge on any atom is -0.292 e. The molecule has 12 aromatic rings. The third-order valence-corrected chi connectivity index (χ3v) is 12.4. The summed E-state index contributed by atoms with van der Waals surface area (Å²) < 4.78 is 2.32. The fourth-order valence-electron chi connectivity index (χ4n) is 9.29. The van der Waals surface area contributed by atoms with Crippen LogP contribution >= 0.6 is 0 Å². The monoisotopic (exact) mass is 801 g/mol. The average molecular weight is 802 g/mol. The van der Waals surface area contributed by atoms with Gasteiger partial charge in [0.2, 0.25) is 0 Å². The predicted molar refractivity (Wildman–Crippen MR) is 264 cm³/mol. The molecule has 0 saturated heterocycles. The van der Waals surface area contributed by atoms with E-state index in [9.17, 15) is 0 Å². The molecule has 0 aliphatic carbocycles. The highest BCUT2D eigenvalue weighted by Gasteiger charge is 2.23. The molecular weight excluding hydrogens is 763 g/mol. The Labute approximate surface area is 365 Å². The number of imidazole rings is 1. The van der Waals surface area contributed by atoms with Gasteiger partial charge in [-0.15, -0.1) is 0 Å². The molecule has 0 spiro atoms. The van der Waals surface area contributed by atoms with Crippen LogP contribution < -0.4 is 0 Å². The summed E-state index contributed by atoms with van der Waals surface area (Å²) in [5.74, 6) is 0.894. The molecule has 0 bridgehead atoms. The lowest BCUT2D eigenvalue weighted by Gasteiger charge is -2.17. The van der Waals surface area contributed by atoms with E-state index in [2.05, 4.69) is 241 Å². The molecule has 63 heavy (non-hydrogen) atoms. The van der Waals surface area contributed by atoms with Gasteiger partial charge in [-0.1, -0.05) is 200 Å². The van der Waals surface area contributed by atoms with Crippen molar-refractivity contribution in [3.8, 4) is 73.1 Å². The summed E-state index contributed by atoms with van der Waals surface area (Å²) in [4.78, 5) is 10.9. The van der Waals surface area contributed by atoms with Gasteiger partial charge in [-0.25, -0.2) is 9.97 Å². The quantitative estimate of drug-likeness (QED) is 0.150. The summed E-state index contributed by atoms with van der Waals surface area (Å²) in [6.07, 6.45) is 0. The van der Waals surface area contributed by atoms with Crippen LogP contribution in [0.3, 0.4) is 0 Å². The van der Waals surface area contributed by atoms with Crippen LogP contribution in [0.1, 0.15) is 0 Å². The number of nitrogens with zero attached hydrogens (tertiary/aromatic N) is 3. The minimum atomic E-state index is 0.894. The van der Waals surface area contributed by atoms with Crippen LogP contribution in [0.15, 0.2) is 237 Å². The molecule has 0 N–H and O–H groups in total. The first kappa shape index (κ1) is 36.5. The fourth-order valence-corrected chi connectivity index (χ4v) is 9.29. The third-order valence-electron chi connectivity index (χ3n) is 12.4. The predicted octanol–water partition coefficient (Wildman–Crippen LogP) is 15.9. The van der Waals surface area contributed by atoms with Crippen LogP contribution in [-0.2, 0) is 0 Å². The lowest BCUT2D eigenvalue weighted by molar-refractivity contribution is 1.07. The minimum absolute atomic E-state index is 0.894. The van der Waals surface area contributed by atoms with Gasteiger partial charge in [0.1, 0.15) is 5.82 Å². The average Bonchev–Trinajstić information content (AvgIpc) is 3.77. The van der Waals surface area contributed by atoms with Gasteiger partial charge in [-0.3, -0.25) is 4.57 Å². The number of aromatic nitrogens is 3. The molecular formula is C60H39N3. The molecule has 0 unspecified atom stereocenters. The molecule has 10 aromatic carbocycles. The number of fused-ring (bicyclic) bond motifs is 5. The SMILES string of the molecule is c1ccc(-c2nc(-c3ccccc3)n(-c3ccc(-c4cc5c(-c6ccc7ccccc7c6)cc(-c6ccc7ccccc7c6)nc5c5ccccc45)cc3)c2-c2ccccc2)cc1. The van der Waals surface area contributed by atoms with Gasteiger partial charge in [0, 0.05) is 38.7 Å². The van der Waals surface area contributed by atoms with E-state index < -0.39 is 0 Å². The molecule has 0 radical (unpaired) electrons. The van der Waals surface area contributed by atoms with Crippen LogP contribution in [0.5, 0.6) is 0 Å². The Bertz CT molecular complexity index is 3650. The lowest BCUT2D eigenvalue weighted by atomic mass is 9.90. The second-order valence-electron chi connectivity index (χ2n) is 16.2. The Kier molecular flexibility index (Phi) is 8.83. The van der Waals surface area contributed by atoms with Gasteiger partial charge in [0.05, 0.1) is 22.6 Å². The normalized spacial score (nSPS) is 11.5. The number of pyridine rings is 1. The first-order valence-electron chi connectivity index (χ1n) is 21.5. The third kappa shape index (κ3) is 6.46. The Balaban J connectivity index is 1.07. The first-order chi connectivity index (χ1) is 31.2. The van der Waals surface area contributed by atoms with Crippen LogP contribution in [0.2, 0.25) is 0 Å². The van der Waals surface area contributed by atoms with Crippen molar-refractivity contribution in [2.45, 2.75) is 0 Å². The van der Waals surface area contributed by atoms with Gasteiger partial charge in [-0.05, 0) is 85.6 Å². The van der Waals surface area contributed by atoms with Gasteiger partial charge in [0.15, 0.2) is 0 Å². The molecule has 2 aromatic heterocycles. The molecule has 0 aliphatic rings. The van der Waals surface area contributed by atoms with E-state index >= 15 is 0 Å². The van der Waals surface area contributed by atoms with E-state index in [1.54, 1.807) is 0 Å². The van der Waals surface area contributed by atoms with Crippen molar-refractivity contribution in [2.24, 2.45) is 0 Å². The molecule has 3 nitrogen and oxygen atoms in total. The van der Waals surface area contributed by atoms with Crippen LogP contribution in [0.4, 0.5) is 0 Å². The number of hydrogen-bond donors (Lipinski definition) is 0. The van der Waals surface area contributed by atoms with Crippen molar-refractivity contribution in [2.75, 3.05) is 0 Å². The van der Waals surface area contributed by atoms with E-state index in [4.69, 9.17) is 9.97 Å². The number of rotatable bonds is 7. The zero-order valence-electron chi connectivity index (χ0n) is 34.4. The Hall–Kier alpha value is -8.40. The highest BCUT2D eigenvalue weighted by Crippen LogP contribution is 2.43. The van der Waals surface area contributed by atoms with Crippen molar-refractivity contribution in [3.63, 3.8) is 0 Å². The molecule has 0 atom stereocenters. The van der Waals surface area contributed by atoms with E-state index in [1.807, 2.05) is 0 Å². The van der Waals surface area contributed by atoms with Crippen molar-refractivity contribution in [3.05, 3.63) is 237 Å². The van der Waals surface area contributed by atoms with Crippen molar-refractivity contribution >= 4 is 43.2 Å². The zero-order chi connectivity index (χ0) is 41.7. The fraction of sp³-hybridized carbons (Fsp3) is 0. The molecule has 294 valence electrons. The van der Waals surface area contributed by atoms with Crippen LogP contribution in [-0.4, -0.2) is 14.5 Å². The summed E-state index contributed by atoms with van der Waals surface area (Å²) >= 11 is 0. The van der Waals surface area contributed by atoms with E-state index in [1.165, 1.54) is 21.5 Å². The molecule has 3 heteroatoms. The second-order valence-corrected chi connectivity index (χ2v) is 16.2. The Morgan fingerprint density at radius 3 is 1.48 bits per heavy atom. The standard InChI is InChI=1S/C60H39N3/c1-4-18-43(19-5-1)57-59(44-20-6-2-7-21-44)63(60(62-57)45-22-8-3-9-23-45)50-34-32-42(33-35-50)53-38-55-54(48-30-28-40-16-10-12-24-46(40)36-48)39-56(61-58(55)52-27-15-14-26-51(52)53)49-31-29-41-17-11-13-25-47(41)37-49/h1-39H. The largest absolute Gasteiger partial charge is 0.292 e. The summed E-state index contributed by atoms with van der Waals surface area (Å²) in [6, 6.07) is 84.7. The summed E-state index contributed by atoms with van der Waals surface area (Å²) in [7, 11) is 0. The second kappa shape index (κ2) is 15.3. The molecule has 2 heterocycles. The molecule has 0 fully saturated rings. The van der Waals surface area contributed by atoms with Crippen molar-refractivity contribution < 1.29 is 0 Å². The van der Waals surface area contributed by atoms with E-state index in [-0.39, 0.29) is 0 Å². The topological polar surface area (TPSA) is 30.7 Å². The van der Waals surface area contributed by atoms with Crippen LogP contribution in [0.25, 0.3) is 116 Å². The van der Waals surface area contributed by atoms with Crippen molar-refractivity contribution in [1.82, 2.24) is 14.5 Å². The Morgan fingerprint density at radius 1 is 0.302 bits per heavy atom. The summed E-state index contributed by atoms with van der Waals surface area (Å²) in [6.45, 7) is 0. The maximum absolute atomic E-state index is 5.51.